The summed E-state index contributed by atoms with van der Waals surface area (Å²) in [4.78, 5) is 29.1. The maximum Gasteiger partial charge on any atom is 0.354 e. The number of ether oxygens (including phenoxy) is 1. The first-order valence-corrected chi connectivity index (χ1v) is 7.83. The molecule has 2 heterocycles. The van der Waals surface area contributed by atoms with Gasteiger partial charge in [-0.25, -0.2) is 14.2 Å². The first-order chi connectivity index (χ1) is 11.9. The topological polar surface area (TPSA) is 79.7 Å². The monoisotopic (exact) mass is 344 g/mol. The predicted octanol–water partition coefficient (Wildman–Crippen LogP) is 2.52. The van der Waals surface area contributed by atoms with Crippen LogP contribution in [0, 0.1) is 5.82 Å². The molecule has 1 aliphatic rings. The van der Waals surface area contributed by atoms with Gasteiger partial charge in [-0.05, 0) is 36.8 Å². The van der Waals surface area contributed by atoms with E-state index in [1.807, 2.05) is 6.92 Å². The van der Waals surface area contributed by atoms with E-state index >= 15 is 0 Å². The van der Waals surface area contributed by atoms with Gasteiger partial charge >= 0.3 is 5.97 Å². The van der Waals surface area contributed by atoms with Gasteiger partial charge in [0.15, 0.2) is 0 Å². The summed E-state index contributed by atoms with van der Waals surface area (Å²) in [6, 6.07) is 8.73. The van der Waals surface area contributed by atoms with E-state index in [1.54, 1.807) is 17.0 Å². The van der Waals surface area contributed by atoms with Gasteiger partial charge < -0.3 is 14.7 Å². The number of carbonyl (C=O) groups excluding carboxylic acids is 1. The normalized spacial score (nSPS) is 20.3. The molecule has 130 valence electrons. The molecule has 0 spiro atoms. The number of carboxylic acids is 1. The van der Waals surface area contributed by atoms with Gasteiger partial charge in [0.05, 0.1) is 12.6 Å². The standard InChI is InChI=1S/C18H17FN2O4/c1-11-9-21(10-16(25-11)12-2-4-14(19)5-3-12)17(22)13-6-7-20-15(8-13)18(23)24/h2-8,11,16H,9-10H2,1H3,(H,23,24). The molecule has 1 aromatic heterocycles. The Labute approximate surface area is 143 Å². The van der Waals surface area contributed by atoms with Crippen LogP contribution in [0.1, 0.15) is 39.4 Å². The summed E-state index contributed by atoms with van der Waals surface area (Å²) in [6.45, 7) is 2.55. The Morgan fingerprint density at radius 2 is 1.96 bits per heavy atom. The summed E-state index contributed by atoms with van der Waals surface area (Å²) < 4.78 is 19.0. The smallest absolute Gasteiger partial charge is 0.354 e. The van der Waals surface area contributed by atoms with Crippen molar-refractivity contribution in [1.29, 1.82) is 0 Å². The number of amides is 1. The fourth-order valence-corrected chi connectivity index (χ4v) is 2.84. The summed E-state index contributed by atoms with van der Waals surface area (Å²) in [5, 5.41) is 9.02. The molecule has 2 atom stereocenters. The van der Waals surface area contributed by atoms with Crippen LogP contribution in [-0.4, -0.2) is 46.1 Å². The molecule has 7 heteroatoms. The second kappa shape index (κ2) is 6.98. The minimum atomic E-state index is -1.19. The van der Waals surface area contributed by atoms with Crippen LogP contribution in [0.15, 0.2) is 42.6 Å². The van der Waals surface area contributed by atoms with Crippen LogP contribution >= 0.6 is 0 Å². The molecular weight excluding hydrogens is 327 g/mol. The number of carboxylic acid groups (broad SMARTS) is 1. The average Bonchev–Trinajstić information content (AvgIpc) is 2.61. The van der Waals surface area contributed by atoms with Crippen molar-refractivity contribution in [2.24, 2.45) is 0 Å². The quantitative estimate of drug-likeness (QED) is 0.925. The maximum absolute atomic E-state index is 13.1. The van der Waals surface area contributed by atoms with Gasteiger partial charge in [0.25, 0.3) is 5.91 Å². The van der Waals surface area contributed by atoms with Crippen LogP contribution in [0.4, 0.5) is 4.39 Å². The Hall–Kier alpha value is -2.80. The highest BCUT2D eigenvalue weighted by Crippen LogP contribution is 2.26. The number of hydrogen-bond donors (Lipinski definition) is 1. The summed E-state index contributed by atoms with van der Waals surface area (Å²) in [6.07, 6.45) is 0.737. The predicted molar refractivity (Wildman–Crippen MR) is 86.8 cm³/mol. The number of benzene rings is 1. The molecule has 1 fully saturated rings. The lowest BCUT2D eigenvalue weighted by Gasteiger charge is -2.37. The van der Waals surface area contributed by atoms with Crippen LogP contribution in [0.3, 0.4) is 0 Å². The highest BCUT2D eigenvalue weighted by molar-refractivity contribution is 5.96. The Morgan fingerprint density at radius 1 is 1.24 bits per heavy atom. The first-order valence-electron chi connectivity index (χ1n) is 7.83. The van der Waals surface area contributed by atoms with Gasteiger partial charge in [-0.1, -0.05) is 12.1 Å². The molecule has 1 N–H and O–H groups in total. The van der Waals surface area contributed by atoms with Crippen molar-refractivity contribution >= 4 is 11.9 Å². The fraction of sp³-hybridized carbons (Fsp3) is 0.278. The van der Waals surface area contributed by atoms with E-state index < -0.39 is 5.97 Å². The molecule has 3 rings (SSSR count). The van der Waals surface area contributed by atoms with Gasteiger partial charge in [-0.3, -0.25) is 4.79 Å². The third-order valence-corrected chi connectivity index (χ3v) is 4.02. The number of carbonyl (C=O) groups is 2. The maximum atomic E-state index is 13.1. The molecule has 0 saturated carbocycles. The zero-order valence-corrected chi connectivity index (χ0v) is 13.6. The van der Waals surface area contributed by atoms with Crippen LogP contribution < -0.4 is 0 Å². The first kappa shape index (κ1) is 17.0. The molecule has 1 amide bonds. The van der Waals surface area contributed by atoms with E-state index in [0.717, 1.165) is 5.56 Å². The second-order valence-electron chi connectivity index (χ2n) is 5.93. The molecule has 2 aromatic rings. The van der Waals surface area contributed by atoms with Gasteiger partial charge in [0.2, 0.25) is 0 Å². The van der Waals surface area contributed by atoms with Crippen LogP contribution in [0.5, 0.6) is 0 Å². The molecule has 6 nitrogen and oxygen atoms in total. The Balaban J connectivity index is 1.81. The van der Waals surface area contributed by atoms with E-state index in [2.05, 4.69) is 4.98 Å². The zero-order valence-electron chi connectivity index (χ0n) is 13.6. The molecule has 1 saturated heterocycles. The van der Waals surface area contributed by atoms with Crippen LogP contribution in [0.25, 0.3) is 0 Å². The van der Waals surface area contributed by atoms with E-state index in [-0.39, 0.29) is 35.2 Å². The van der Waals surface area contributed by atoms with E-state index in [9.17, 15) is 14.0 Å². The Bertz CT molecular complexity index is 794. The third kappa shape index (κ3) is 3.83. The Morgan fingerprint density at radius 3 is 2.64 bits per heavy atom. The van der Waals surface area contributed by atoms with Crippen LogP contribution in [0.2, 0.25) is 0 Å². The Kier molecular flexibility index (Phi) is 4.76. The number of nitrogens with zero attached hydrogens (tertiary/aromatic N) is 2. The van der Waals surface area contributed by atoms with E-state index in [1.165, 1.54) is 30.5 Å². The number of hydrogen-bond acceptors (Lipinski definition) is 4. The SMILES string of the molecule is CC1CN(C(=O)c2ccnc(C(=O)O)c2)CC(c2ccc(F)cc2)O1. The number of morpholine rings is 1. The van der Waals surface area contributed by atoms with Crippen molar-refractivity contribution in [2.45, 2.75) is 19.1 Å². The molecule has 0 aliphatic carbocycles. The largest absolute Gasteiger partial charge is 0.477 e. The summed E-state index contributed by atoms with van der Waals surface area (Å²) in [7, 11) is 0. The lowest BCUT2D eigenvalue weighted by molar-refractivity contribution is -0.0692. The number of rotatable bonds is 3. The number of pyridine rings is 1. The number of halogens is 1. The second-order valence-corrected chi connectivity index (χ2v) is 5.93. The minimum absolute atomic E-state index is 0.178. The minimum Gasteiger partial charge on any atom is -0.477 e. The summed E-state index contributed by atoms with van der Waals surface area (Å²) in [5.74, 6) is -1.81. The van der Waals surface area contributed by atoms with Crippen LogP contribution in [-0.2, 0) is 4.74 Å². The molecule has 0 radical (unpaired) electrons. The fourth-order valence-electron chi connectivity index (χ4n) is 2.84. The molecule has 2 unspecified atom stereocenters. The summed E-state index contributed by atoms with van der Waals surface area (Å²) >= 11 is 0. The van der Waals surface area contributed by atoms with E-state index in [4.69, 9.17) is 9.84 Å². The van der Waals surface area contributed by atoms with Crippen molar-refractivity contribution in [3.8, 4) is 0 Å². The summed E-state index contributed by atoms with van der Waals surface area (Å²) in [5.41, 5.74) is 0.869. The van der Waals surface area contributed by atoms with Crippen molar-refractivity contribution in [2.75, 3.05) is 13.1 Å². The lowest BCUT2D eigenvalue weighted by atomic mass is 10.1. The molecule has 1 aliphatic heterocycles. The van der Waals surface area contributed by atoms with Crippen molar-refractivity contribution in [3.63, 3.8) is 0 Å². The average molecular weight is 344 g/mol. The highest BCUT2D eigenvalue weighted by atomic mass is 19.1. The molecular formula is C18H17FN2O4. The van der Waals surface area contributed by atoms with Gasteiger partial charge in [0, 0.05) is 18.3 Å². The van der Waals surface area contributed by atoms with Crippen molar-refractivity contribution in [1.82, 2.24) is 9.88 Å². The highest BCUT2D eigenvalue weighted by Gasteiger charge is 2.30. The van der Waals surface area contributed by atoms with Gasteiger partial charge in [0.1, 0.15) is 17.6 Å². The molecule has 25 heavy (non-hydrogen) atoms. The number of aromatic carboxylic acids is 1. The van der Waals surface area contributed by atoms with E-state index in [0.29, 0.717) is 13.1 Å². The van der Waals surface area contributed by atoms with Gasteiger partial charge in [-0.2, -0.15) is 0 Å². The zero-order chi connectivity index (χ0) is 18.0. The number of aromatic nitrogens is 1. The lowest BCUT2D eigenvalue weighted by Crippen LogP contribution is -2.46. The molecule has 0 bridgehead atoms. The van der Waals surface area contributed by atoms with Crippen molar-refractivity contribution in [3.05, 3.63) is 65.2 Å². The third-order valence-electron chi connectivity index (χ3n) is 4.02. The van der Waals surface area contributed by atoms with Crippen molar-refractivity contribution < 1.29 is 23.8 Å². The molecule has 1 aromatic carbocycles. The van der Waals surface area contributed by atoms with Gasteiger partial charge in [-0.15, -0.1) is 0 Å².